The Morgan fingerprint density at radius 3 is 2.72 bits per heavy atom. The van der Waals surface area contributed by atoms with Gasteiger partial charge in [-0.3, -0.25) is 4.79 Å². The standard InChI is InChI=1S/C21H24ClN5OS/c1-2-9-27-18-7-6-16(22)14-17(18)24-21(27)29-15-20(28)26-12-10-25(11-13-26)19-5-3-4-8-23-19/h3-8,14H,2,9-13,15H2,1H3. The number of thioether (sulfide) groups is 1. The number of piperazine rings is 1. The molecule has 1 aliphatic rings. The van der Waals surface area contributed by atoms with Crippen LogP contribution in [0.3, 0.4) is 0 Å². The summed E-state index contributed by atoms with van der Waals surface area (Å²) in [4.78, 5) is 26.0. The number of carbonyl (C=O) groups excluding carboxylic acids is 1. The minimum atomic E-state index is 0.156. The quantitative estimate of drug-likeness (QED) is 0.555. The highest BCUT2D eigenvalue weighted by Gasteiger charge is 2.22. The normalized spacial score (nSPS) is 14.6. The van der Waals surface area contributed by atoms with E-state index in [9.17, 15) is 4.79 Å². The number of nitrogens with zero attached hydrogens (tertiary/aromatic N) is 5. The third-order valence-electron chi connectivity index (χ3n) is 5.05. The Morgan fingerprint density at radius 1 is 1.17 bits per heavy atom. The molecule has 0 bridgehead atoms. The third-order valence-corrected chi connectivity index (χ3v) is 6.25. The van der Waals surface area contributed by atoms with Gasteiger partial charge >= 0.3 is 0 Å². The fourth-order valence-corrected chi connectivity index (χ4v) is 4.68. The van der Waals surface area contributed by atoms with Gasteiger partial charge in [-0.1, -0.05) is 36.4 Å². The molecule has 0 N–H and O–H groups in total. The molecule has 6 nitrogen and oxygen atoms in total. The van der Waals surface area contributed by atoms with Crippen LogP contribution in [0.25, 0.3) is 11.0 Å². The molecule has 0 radical (unpaired) electrons. The van der Waals surface area contributed by atoms with Crippen LogP contribution < -0.4 is 4.90 Å². The van der Waals surface area contributed by atoms with Crippen LogP contribution in [0.15, 0.2) is 47.8 Å². The Kier molecular flexibility index (Phi) is 6.25. The highest BCUT2D eigenvalue weighted by Crippen LogP contribution is 2.27. The summed E-state index contributed by atoms with van der Waals surface area (Å²) in [5.41, 5.74) is 1.94. The van der Waals surface area contributed by atoms with Crippen LogP contribution in [0.5, 0.6) is 0 Å². The van der Waals surface area contributed by atoms with Gasteiger partial charge in [-0.05, 0) is 36.8 Å². The Balaban J connectivity index is 1.38. The van der Waals surface area contributed by atoms with E-state index >= 15 is 0 Å². The molecule has 1 aliphatic heterocycles. The van der Waals surface area contributed by atoms with Gasteiger partial charge in [0.2, 0.25) is 5.91 Å². The number of fused-ring (bicyclic) bond motifs is 1. The third kappa shape index (κ3) is 4.51. The maximum atomic E-state index is 12.8. The molecule has 0 aliphatic carbocycles. The second kappa shape index (κ2) is 9.05. The summed E-state index contributed by atoms with van der Waals surface area (Å²) in [6, 6.07) is 11.7. The van der Waals surface area contributed by atoms with E-state index in [1.165, 1.54) is 11.8 Å². The van der Waals surface area contributed by atoms with Crippen molar-refractivity contribution in [1.82, 2.24) is 19.4 Å². The summed E-state index contributed by atoms with van der Waals surface area (Å²) in [7, 11) is 0. The van der Waals surface area contributed by atoms with Crippen molar-refractivity contribution in [3.8, 4) is 0 Å². The molecule has 1 aromatic carbocycles. The number of halogens is 1. The van der Waals surface area contributed by atoms with Crippen molar-refractivity contribution in [2.24, 2.45) is 0 Å². The van der Waals surface area contributed by atoms with Gasteiger partial charge < -0.3 is 14.4 Å². The zero-order chi connectivity index (χ0) is 20.2. The SMILES string of the molecule is CCCn1c(SCC(=O)N2CCN(c3ccccn3)CC2)nc2cc(Cl)ccc21. The smallest absolute Gasteiger partial charge is 0.233 e. The number of benzene rings is 1. The predicted molar refractivity (Wildman–Crippen MR) is 119 cm³/mol. The number of imidazole rings is 1. The summed E-state index contributed by atoms with van der Waals surface area (Å²) in [5, 5.41) is 1.56. The summed E-state index contributed by atoms with van der Waals surface area (Å²) >= 11 is 7.63. The average molecular weight is 430 g/mol. The molecule has 29 heavy (non-hydrogen) atoms. The van der Waals surface area contributed by atoms with Crippen molar-refractivity contribution in [3.05, 3.63) is 47.6 Å². The predicted octanol–water partition coefficient (Wildman–Crippen LogP) is 3.94. The number of hydrogen-bond donors (Lipinski definition) is 0. The molecule has 4 rings (SSSR count). The van der Waals surface area contributed by atoms with Gasteiger partial charge in [0.15, 0.2) is 5.16 Å². The minimum absolute atomic E-state index is 0.156. The lowest BCUT2D eigenvalue weighted by Gasteiger charge is -2.35. The molecule has 152 valence electrons. The van der Waals surface area contributed by atoms with Crippen LogP contribution in [0, 0.1) is 0 Å². The van der Waals surface area contributed by atoms with Gasteiger partial charge in [-0.25, -0.2) is 9.97 Å². The number of amides is 1. The second-order valence-electron chi connectivity index (χ2n) is 7.02. The summed E-state index contributed by atoms with van der Waals surface area (Å²) in [5.74, 6) is 1.52. The van der Waals surface area contributed by atoms with Gasteiger partial charge in [0.25, 0.3) is 0 Å². The maximum absolute atomic E-state index is 12.8. The lowest BCUT2D eigenvalue weighted by atomic mass is 10.3. The molecule has 1 fully saturated rings. The fourth-order valence-electron chi connectivity index (χ4n) is 3.57. The van der Waals surface area contributed by atoms with Crippen molar-refractivity contribution in [3.63, 3.8) is 0 Å². The highest BCUT2D eigenvalue weighted by atomic mass is 35.5. The Bertz CT molecular complexity index is 985. The van der Waals surface area contributed by atoms with E-state index < -0.39 is 0 Å². The Labute approximate surface area is 179 Å². The van der Waals surface area contributed by atoms with Crippen molar-refractivity contribution in [1.29, 1.82) is 0 Å². The number of anilines is 1. The molecular weight excluding hydrogens is 406 g/mol. The van der Waals surface area contributed by atoms with Crippen LogP contribution in [0.2, 0.25) is 5.02 Å². The van der Waals surface area contributed by atoms with E-state index in [4.69, 9.17) is 16.6 Å². The van der Waals surface area contributed by atoms with Gasteiger partial charge in [-0.15, -0.1) is 0 Å². The number of hydrogen-bond acceptors (Lipinski definition) is 5. The molecule has 3 heterocycles. The zero-order valence-electron chi connectivity index (χ0n) is 16.4. The molecule has 3 aromatic rings. The first-order valence-electron chi connectivity index (χ1n) is 9.88. The van der Waals surface area contributed by atoms with E-state index in [0.717, 1.165) is 61.2 Å². The number of aryl methyl sites for hydroxylation is 1. The van der Waals surface area contributed by atoms with E-state index in [-0.39, 0.29) is 5.91 Å². The van der Waals surface area contributed by atoms with E-state index in [1.54, 1.807) is 6.20 Å². The fraction of sp³-hybridized carbons (Fsp3) is 0.381. The first kappa shape index (κ1) is 20.0. The number of pyridine rings is 1. The molecule has 1 amide bonds. The Morgan fingerprint density at radius 2 is 2.00 bits per heavy atom. The van der Waals surface area contributed by atoms with Crippen LogP contribution >= 0.6 is 23.4 Å². The van der Waals surface area contributed by atoms with Gasteiger partial charge in [-0.2, -0.15) is 0 Å². The monoisotopic (exact) mass is 429 g/mol. The van der Waals surface area contributed by atoms with Crippen molar-refractivity contribution >= 4 is 46.1 Å². The van der Waals surface area contributed by atoms with Crippen LogP contribution in [-0.2, 0) is 11.3 Å². The van der Waals surface area contributed by atoms with Gasteiger partial charge in [0, 0.05) is 43.9 Å². The van der Waals surface area contributed by atoms with Crippen molar-refractivity contribution in [2.75, 3.05) is 36.8 Å². The molecule has 8 heteroatoms. The Hall–Kier alpha value is -2.25. The number of rotatable bonds is 6. The molecule has 1 saturated heterocycles. The molecule has 0 spiro atoms. The molecule has 0 atom stereocenters. The first-order valence-corrected chi connectivity index (χ1v) is 11.2. The van der Waals surface area contributed by atoms with Crippen LogP contribution in [-0.4, -0.2) is 57.3 Å². The van der Waals surface area contributed by atoms with Crippen LogP contribution in [0.4, 0.5) is 5.82 Å². The van der Waals surface area contributed by atoms with E-state index in [1.807, 2.05) is 41.3 Å². The van der Waals surface area contributed by atoms with Gasteiger partial charge in [0.05, 0.1) is 16.8 Å². The zero-order valence-corrected chi connectivity index (χ0v) is 18.0. The van der Waals surface area contributed by atoms with E-state index in [2.05, 4.69) is 21.4 Å². The summed E-state index contributed by atoms with van der Waals surface area (Å²) in [6.07, 6.45) is 2.81. The average Bonchev–Trinajstić information content (AvgIpc) is 3.09. The minimum Gasteiger partial charge on any atom is -0.353 e. The molecule has 0 unspecified atom stereocenters. The highest BCUT2D eigenvalue weighted by molar-refractivity contribution is 7.99. The molecule has 2 aromatic heterocycles. The summed E-state index contributed by atoms with van der Waals surface area (Å²) < 4.78 is 2.18. The largest absolute Gasteiger partial charge is 0.353 e. The number of aromatic nitrogens is 3. The van der Waals surface area contributed by atoms with Crippen molar-refractivity contribution in [2.45, 2.75) is 25.0 Å². The molecular formula is C21H24ClN5OS. The van der Waals surface area contributed by atoms with E-state index in [0.29, 0.717) is 10.8 Å². The molecule has 0 saturated carbocycles. The van der Waals surface area contributed by atoms with Crippen LogP contribution in [0.1, 0.15) is 13.3 Å². The summed E-state index contributed by atoms with van der Waals surface area (Å²) in [6.45, 7) is 6.06. The maximum Gasteiger partial charge on any atom is 0.233 e. The topological polar surface area (TPSA) is 54.3 Å². The lowest BCUT2D eigenvalue weighted by Crippen LogP contribution is -2.49. The lowest BCUT2D eigenvalue weighted by molar-refractivity contribution is -0.128. The second-order valence-corrected chi connectivity index (χ2v) is 8.40. The number of carbonyl (C=O) groups is 1. The van der Waals surface area contributed by atoms with Crippen molar-refractivity contribution < 1.29 is 4.79 Å². The van der Waals surface area contributed by atoms with Gasteiger partial charge in [0.1, 0.15) is 5.82 Å². The first-order chi connectivity index (χ1) is 14.2.